The summed E-state index contributed by atoms with van der Waals surface area (Å²) in [6.07, 6.45) is 0. The number of aromatic nitrogens is 1. The molecule has 0 saturated heterocycles. The first-order chi connectivity index (χ1) is 12.7. The molecule has 26 heavy (non-hydrogen) atoms. The van der Waals surface area contributed by atoms with Crippen molar-refractivity contribution in [1.82, 2.24) is 10.5 Å². The third kappa shape index (κ3) is 4.46. The fraction of sp³-hybridized carbons (Fsp3) is 0.200. The van der Waals surface area contributed by atoms with Gasteiger partial charge >= 0.3 is 0 Å². The van der Waals surface area contributed by atoms with Crippen LogP contribution in [0.2, 0.25) is 0 Å². The number of nitrogens with zero attached hydrogens (tertiary/aromatic N) is 1. The van der Waals surface area contributed by atoms with E-state index in [1.807, 2.05) is 61.5 Å². The predicted octanol–water partition coefficient (Wildman–Crippen LogP) is 4.21. The Balaban J connectivity index is 1.67. The summed E-state index contributed by atoms with van der Waals surface area (Å²) in [5.41, 5.74) is 2.43. The van der Waals surface area contributed by atoms with Crippen LogP contribution >= 0.6 is 11.8 Å². The van der Waals surface area contributed by atoms with Crippen molar-refractivity contribution in [3.63, 3.8) is 0 Å². The molecule has 0 saturated carbocycles. The molecule has 1 N–H and O–H groups in total. The van der Waals surface area contributed by atoms with Gasteiger partial charge < -0.3 is 14.6 Å². The van der Waals surface area contributed by atoms with Crippen LogP contribution in [-0.2, 0) is 12.3 Å². The van der Waals surface area contributed by atoms with Crippen molar-refractivity contribution in [3.8, 4) is 5.75 Å². The number of hydrogen-bond donors (Lipinski definition) is 1. The van der Waals surface area contributed by atoms with Gasteiger partial charge in [0.15, 0.2) is 0 Å². The minimum Gasteiger partial charge on any atom is -0.496 e. The molecule has 1 aromatic heterocycles. The highest BCUT2D eigenvalue weighted by Gasteiger charge is 2.13. The highest BCUT2D eigenvalue weighted by Crippen LogP contribution is 2.27. The van der Waals surface area contributed by atoms with Crippen molar-refractivity contribution in [3.05, 3.63) is 77.2 Å². The number of nitrogens with one attached hydrogen (secondary N) is 1. The summed E-state index contributed by atoms with van der Waals surface area (Å²) in [6, 6.07) is 17.1. The lowest BCUT2D eigenvalue weighted by molar-refractivity contribution is 0.0947. The van der Waals surface area contributed by atoms with Crippen molar-refractivity contribution in [2.45, 2.75) is 24.1 Å². The SMILES string of the molecule is COc1ccccc1CNC(=O)c1ccccc1SCc1cc(C)no1. The van der Waals surface area contributed by atoms with Crippen LogP contribution in [0.1, 0.15) is 27.4 Å². The van der Waals surface area contributed by atoms with Crippen LogP contribution in [0.15, 0.2) is 64.0 Å². The van der Waals surface area contributed by atoms with Gasteiger partial charge in [-0.25, -0.2) is 0 Å². The van der Waals surface area contributed by atoms with Crippen LogP contribution in [0.3, 0.4) is 0 Å². The fourth-order valence-corrected chi connectivity index (χ4v) is 3.46. The second-order valence-corrected chi connectivity index (χ2v) is 6.73. The number of amides is 1. The summed E-state index contributed by atoms with van der Waals surface area (Å²) in [4.78, 5) is 13.6. The summed E-state index contributed by atoms with van der Waals surface area (Å²) in [5, 5.41) is 6.85. The zero-order valence-corrected chi connectivity index (χ0v) is 15.5. The number of para-hydroxylation sites is 1. The van der Waals surface area contributed by atoms with Crippen molar-refractivity contribution >= 4 is 17.7 Å². The first-order valence-electron chi connectivity index (χ1n) is 8.21. The Labute approximate surface area is 156 Å². The molecular formula is C20H20N2O3S. The maximum absolute atomic E-state index is 12.7. The second kappa shape index (κ2) is 8.58. The second-order valence-electron chi connectivity index (χ2n) is 5.71. The Morgan fingerprint density at radius 2 is 1.96 bits per heavy atom. The van der Waals surface area contributed by atoms with Crippen LogP contribution in [0.5, 0.6) is 5.75 Å². The van der Waals surface area contributed by atoms with Crippen molar-refractivity contribution in [1.29, 1.82) is 0 Å². The topological polar surface area (TPSA) is 64.4 Å². The first-order valence-corrected chi connectivity index (χ1v) is 9.20. The first kappa shape index (κ1) is 18.1. The van der Waals surface area contributed by atoms with Gasteiger partial charge in [0.05, 0.1) is 24.1 Å². The molecule has 2 aromatic carbocycles. The molecule has 0 unspecified atom stereocenters. The quantitative estimate of drug-likeness (QED) is 0.633. The summed E-state index contributed by atoms with van der Waals surface area (Å²) in [6.45, 7) is 2.29. The maximum Gasteiger partial charge on any atom is 0.252 e. The standard InChI is InChI=1S/C20H20N2O3S/c1-14-11-16(25-22-14)13-26-19-10-6-4-8-17(19)20(23)21-12-15-7-3-5-9-18(15)24-2/h3-11H,12-13H2,1-2H3,(H,21,23). The van der Waals surface area contributed by atoms with Crippen molar-refractivity contribution < 1.29 is 14.1 Å². The van der Waals surface area contributed by atoms with Gasteiger partial charge in [-0.3, -0.25) is 4.79 Å². The fourth-order valence-electron chi connectivity index (χ4n) is 2.53. The van der Waals surface area contributed by atoms with Gasteiger partial charge in [-0.05, 0) is 25.1 Å². The highest BCUT2D eigenvalue weighted by atomic mass is 32.2. The Morgan fingerprint density at radius 3 is 2.73 bits per heavy atom. The van der Waals surface area contributed by atoms with Crippen LogP contribution in [0.25, 0.3) is 0 Å². The Bertz CT molecular complexity index is 892. The van der Waals surface area contributed by atoms with E-state index in [-0.39, 0.29) is 5.91 Å². The molecular weight excluding hydrogens is 348 g/mol. The van der Waals surface area contributed by atoms with E-state index in [4.69, 9.17) is 9.26 Å². The van der Waals surface area contributed by atoms with E-state index in [1.165, 1.54) is 0 Å². The van der Waals surface area contributed by atoms with E-state index in [9.17, 15) is 4.79 Å². The van der Waals surface area contributed by atoms with Gasteiger partial charge in [0.1, 0.15) is 11.5 Å². The predicted molar refractivity (Wildman–Crippen MR) is 101 cm³/mol. The molecule has 0 radical (unpaired) electrons. The number of rotatable bonds is 7. The van der Waals surface area contributed by atoms with Crippen LogP contribution in [0, 0.1) is 6.92 Å². The number of carbonyl (C=O) groups is 1. The van der Waals surface area contributed by atoms with E-state index in [0.29, 0.717) is 17.9 Å². The van der Waals surface area contributed by atoms with E-state index in [2.05, 4.69) is 10.5 Å². The molecule has 0 aliphatic rings. The average molecular weight is 368 g/mol. The van der Waals surface area contributed by atoms with Crippen LogP contribution in [-0.4, -0.2) is 18.2 Å². The zero-order chi connectivity index (χ0) is 18.4. The summed E-state index contributed by atoms with van der Waals surface area (Å²) in [5.74, 6) is 2.05. The number of thioether (sulfide) groups is 1. The molecule has 0 atom stereocenters. The molecule has 1 heterocycles. The smallest absolute Gasteiger partial charge is 0.252 e. The lowest BCUT2D eigenvalue weighted by atomic mass is 10.1. The number of aryl methyl sites for hydroxylation is 1. The molecule has 5 nitrogen and oxygen atoms in total. The van der Waals surface area contributed by atoms with Crippen LogP contribution in [0.4, 0.5) is 0 Å². The van der Waals surface area contributed by atoms with Crippen molar-refractivity contribution in [2.75, 3.05) is 7.11 Å². The van der Waals surface area contributed by atoms with Crippen molar-refractivity contribution in [2.24, 2.45) is 0 Å². The molecule has 6 heteroatoms. The zero-order valence-electron chi connectivity index (χ0n) is 14.7. The van der Waals surface area contributed by atoms with E-state index < -0.39 is 0 Å². The normalized spacial score (nSPS) is 10.5. The van der Waals surface area contributed by atoms with E-state index in [1.54, 1.807) is 18.9 Å². The number of carbonyl (C=O) groups excluding carboxylic acids is 1. The minimum atomic E-state index is -0.118. The molecule has 0 spiro atoms. The third-order valence-electron chi connectivity index (χ3n) is 3.81. The lowest BCUT2D eigenvalue weighted by Gasteiger charge is -2.11. The van der Waals surface area contributed by atoms with Crippen LogP contribution < -0.4 is 10.1 Å². The Hall–Kier alpha value is -2.73. The van der Waals surface area contributed by atoms with Gasteiger partial charge in [0, 0.05) is 23.1 Å². The number of benzene rings is 2. The largest absolute Gasteiger partial charge is 0.496 e. The summed E-state index contributed by atoms with van der Waals surface area (Å²) in [7, 11) is 1.62. The summed E-state index contributed by atoms with van der Waals surface area (Å²) < 4.78 is 10.6. The monoisotopic (exact) mass is 368 g/mol. The van der Waals surface area contributed by atoms with Gasteiger partial charge in [-0.15, -0.1) is 11.8 Å². The molecule has 134 valence electrons. The number of ether oxygens (including phenoxy) is 1. The third-order valence-corrected chi connectivity index (χ3v) is 4.91. The number of hydrogen-bond acceptors (Lipinski definition) is 5. The number of methoxy groups -OCH3 is 1. The molecule has 0 bridgehead atoms. The van der Waals surface area contributed by atoms with Gasteiger partial charge in [-0.1, -0.05) is 35.5 Å². The van der Waals surface area contributed by atoms with Gasteiger partial charge in [0.2, 0.25) is 0 Å². The maximum atomic E-state index is 12.7. The summed E-state index contributed by atoms with van der Waals surface area (Å²) >= 11 is 1.55. The van der Waals surface area contributed by atoms with Gasteiger partial charge in [0.25, 0.3) is 5.91 Å². The van der Waals surface area contributed by atoms with E-state index >= 15 is 0 Å². The molecule has 1 amide bonds. The Kier molecular flexibility index (Phi) is 5.96. The van der Waals surface area contributed by atoms with E-state index in [0.717, 1.165) is 27.7 Å². The highest BCUT2D eigenvalue weighted by molar-refractivity contribution is 7.98. The molecule has 0 fully saturated rings. The lowest BCUT2D eigenvalue weighted by Crippen LogP contribution is -2.23. The van der Waals surface area contributed by atoms with Gasteiger partial charge in [-0.2, -0.15) is 0 Å². The molecule has 0 aliphatic heterocycles. The molecule has 0 aliphatic carbocycles. The minimum absolute atomic E-state index is 0.118. The molecule has 3 aromatic rings. The Morgan fingerprint density at radius 1 is 1.19 bits per heavy atom. The average Bonchev–Trinajstić information content (AvgIpc) is 3.10. The molecule has 3 rings (SSSR count).